The van der Waals surface area contributed by atoms with E-state index in [0.29, 0.717) is 11.9 Å². The van der Waals surface area contributed by atoms with Crippen LogP contribution in [0.1, 0.15) is 25.3 Å². The van der Waals surface area contributed by atoms with E-state index in [2.05, 4.69) is 47.3 Å². The van der Waals surface area contributed by atoms with Gasteiger partial charge < -0.3 is 10.1 Å². The van der Waals surface area contributed by atoms with Gasteiger partial charge in [0, 0.05) is 30.6 Å². The van der Waals surface area contributed by atoms with Gasteiger partial charge in [0.1, 0.15) is 5.75 Å². The Morgan fingerprint density at radius 3 is 2.37 bits per heavy atom. The van der Waals surface area contributed by atoms with Crippen LogP contribution in [0.2, 0.25) is 0 Å². The molecule has 1 N–H and O–H groups in total. The quantitative estimate of drug-likeness (QED) is 0.912. The first kappa shape index (κ1) is 13.3. The maximum absolute atomic E-state index is 5.48. The van der Waals surface area contributed by atoms with Crippen molar-refractivity contribution in [1.82, 2.24) is 9.97 Å². The number of methoxy groups -OCH3 is 1. The van der Waals surface area contributed by atoms with E-state index in [-0.39, 0.29) is 0 Å². The van der Waals surface area contributed by atoms with Gasteiger partial charge in [-0.2, -0.15) is 0 Å². The molecule has 100 valence electrons. The number of nitrogens with zero attached hydrogens (tertiary/aromatic N) is 2. The lowest BCUT2D eigenvalue weighted by Gasteiger charge is -2.12. The first-order chi connectivity index (χ1) is 9.15. The monoisotopic (exact) mass is 257 g/mol. The summed E-state index contributed by atoms with van der Waals surface area (Å²) in [4.78, 5) is 8.46. The highest BCUT2D eigenvalue weighted by Gasteiger charge is 2.09. The third-order valence-electron chi connectivity index (χ3n) is 3.08. The first-order valence-electron chi connectivity index (χ1n) is 6.33. The van der Waals surface area contributed by atoms with Gasteiger partial charge in [-0.3, -0.25) is 0 Å². The van der Waals surface area contributed by atoms with Crippen LogP contribution in [0.25, 0.3) is 11.1 Å². The fourth-order valence-electron chi connectivity index (χ4n) is 1.90. The molecule has 0 radical (unpaired) electrons. The van der Waals surface area contributed by atoms with Crippen molar-refractivity contribution in [2.75, 3.05) is 19.5 Å². The summed E-state index contributed by atoms with van der Waals surface area (Å²) in [5.41, 5.74) is 3.22. The summed E-state index contributed by atoms with van der Waals surface area (Å²) >= 11 is 0. The molecule has 0 bridgehead atoms. The number of aromatic nitrogens is 2. The highest BCUT2D eigenvalue weighted by Crippen LogP contribution is 2.32. The van der Waals surface area contributed by atoms with E-state index in [0.717, 1.165) is 16.9 Å². The normalized spacial score (nSPS) is 10.6. The van der Waals surface area contributed by atoms with Gasteiger partial charge in [-0.25, -0.2) is 9.97 Å². The number of rotatable bonds is 4. The number of nitrogens with one attached hydrogen (secondary N) is 1. The Morgan fingerprint density at radius 2 is 1.84 bits per heavy atom. The molecule has 1 aromatic carbocycles. The second kappa shape index (κ2) is 5.69. The number of ether oxygens (including phenoxy) is 1. The molecule has 0 unspecified atom stereocenters. The predicted molar refractivity (Wildman–Crippen MR) is 77.7 cm³/mol. The molecule has 0 fully saturated rings. The summed E-state index contributed by atoms with van der Waals surface area (Å²) in [7, 11) is 3.48. The molecule has 0 spiro atoms. The molecule has 1 heterocycles. The largest absolute Gasteiger partial charge is 0.496 e. The van der Waals surface area contributed by atoms with Gasteiger partial charge in [0.15, 0.2) is 0 Å². The Balaban J connectivity index is 2.42. The maximum atomic E-state index is 5.48. The van der Waals surface area contributed by atoms with Crippen LogP contribution < -0.4 is 10.1 Å². The van der Waals surface area contributed by atoms with Crippen molar-refractivity contribution in [2.24, 2.45) is 0 Å². The zero-order valence-corrected chi connectivity index (χ0v) is 11.8. The van der Waals surface area contributed by atoms with Gasteiger partial charge in [-0.05, 0) is 17.5 Å². The molecule has 0 amide bonds. The molecule has 0 aliphatic carbocycles. The predicted octanol–water partition coefficient (Wildman–Crippen LogP) is 3.32. The van der Waals surface area contributed by atoms with Crippen molar-refractivity contribution in [2.45, 2.75) is 19.8 Å². The molecule has 0 atom stereocenters. The van der Waals surface area contributed by atoms with Gasteiger partial charge in [-0.15, -0.1) is 0 Å². The maximum Gasteiger partial charge on any atom is 0.222 e. The van der Waals surface area contributed by atoms with E-state index in [4.69, 9.17) is 4.74 Å². The molecule has 0 aliphatic heterocycles. The fraction of sp³-hybridized carbons (Fsp3) is 0.333. The lowest BCUT2D eigenvalue weighted by molar-refractivity contribution is 0.415. The second-order valence-electron chi connectivity index (χ2n) is 4.66. The molecular formula is C15H19N3O. The minimum atomic E-state index is 0.478. The molecular weight excluding hydrogens is 238 g/mol. The van der Waals surface area contributed by atoms with E-state index in [1.807, 2.05) is 0 Å². The van der Waals surface area contributed by atoms with Crippen molar-refractivity contribution < 1.29 is 4.74 Å². The number of hydrogen-bond acceptors (Lipinski definition) is 4. The number of hydrogen-bond donors (Lipinski definition) is 1. The summed E-state index contributed by atoms with van der Waals surface area (Å²) < 4.78 is 5.48. The molecule has 0 saturated carbocycles. The van der Waals surface area contributed by atoms with Gasteiger partial charge >= 0.3 is 0 Å². The van der Waals surface area contributed by atoms with E-state index in [9.17, 15) is 0 Å². The van der Waals surface area contributed by atoms with Crippen LogP contribution in [0.15, 0.2) is 30.6 Å². The van der Waals surface area contributed by atoms with Gasteiger partial charge in [0.2, 0.25) is 5.95 Å². The Morgan fingerprint density at radius 1 is 1.16 bits per heavy atom. The number of benzene rings is 1. The Kier molecular flexibility index (Phi) is 4.00. The van der Waals surface area contributed by atoms with Crippen LogP contribution >= 0.6 is 0 Å². The topological polar surface area (TPSA) is 47.0 Å². The van der Waals surface area contributed by atoms with Crippen LogP contribution in [-0.4, -0.2) is 24.1 Å². The molecule has 0 saturated heterocycles. The fourth-order valence-corrected chi connectivity index (χ4v) is 1.90. The van der Waals surface area contributed by atoms with E-state index < -0.39 is 0 Å². The van der Waals surface area contributed by atoms with Gasteiger partial charge in [0.05, 0.1) is 7.11 Å². The third kappa shape index (κ3) is 2.84. The van der Waals surface area contributed by atoms with Crippen molar-refractivity contribution in [3.8, 4) is 16.9 Å². The van der Waals surface area contributed by atoms with Crippen molar-refractivity contribution in [1.29, 1.82) is 0 Å². The summed E-state index contributed by atoms with van der Waals surface area (Å²) in [6.45, 7) is 4.33. The standard InChI is InChI=1S/C15H19N3O/c1-10(2)11-5-6-13(14(7-11)19-4)12-8-17-15(16-3)18-9-12/h5-10H,1-4H3,(H,16,17,18). The van der Waals surface area contributed by atoms with Crippen molar-refractivity contribution in [3.05, 3.63) is 36.2 Å². The molecule has 4 heteroatoms. The average molecular weight is 257 g/mol. The zero-order chi connectivity index (χ0) is 13.8. The molecule has 2 rings (SSSR count). The van der Waals surface area contributed by atoms with Crippen molar-refractivity contribution in [3.63, 3.8) is 0 Å². The smallest absolute Gasteiger partial charge is 0.222 e. The summed E-state index contributed by atoms with van der Waals surface area (Å²) in [6, 6.07) is 6.26. The Bertz CT molecular complexity index is 550. The molecule has 0 aliphatic rings. The lowest BCUT2D eigenvalue weighted by Crippen LogP contribution is -1.97. The SMILES string of the molecule is CNc1ncc(-c2ccc(C(C)C)cc2OC)cn1. The Labute approximate surface area is 113 Å². The minimum absolute atomic E-state index is 0.478. The lowest BCUT2D eigenvalue weighted by atomic mass is 9.99. The third-order valence-corrected chi connectivity index (χ3v) is 3.08. The van der Waals surface area contributed by atoms with Gasteiger partial charge in [-0.1, -0.05) is 26.0 Å². The average Bonchev–Trinajstić information content (AvgIpc) is 2.46. The van der Waals surface area contributed by atoms with Crippen LogP contribution in [-0.2, 0) is 0 Å². The summed E-state index contributed by atoms with van der Waals surface area (Å²) in [6.07, 6.45) is 3.59. The highest BCUT2D eigenvalue weighted by atomic mass is 16.5. The van der Waals surface area contributed by atoms with Crippen LogP contribution in [0.4, 0.5) is 5.95 Å². The first-order valence-corrected chi connectivity index (χ1v) is 6.33. The number of anilines is 1. The van der Waals surface area contributed by atoms with Crippen LogP contribution in [0.5, 0.6) is 5.75 Å². The van der Waals surface area contributed by atoms with E-state index >= 15 is 0 Å². The van der Waals surface area contributed by atoms with Crippen LogP contribution in [0.3, 0.4) is 0 Å². The highest BCUT2D eigenvalue weighted by molar-refractivity contribution is 5.70. The zero-order valence-electron chi connectivity index (χ0n) is 11.8. The minimum Gasteiger partial charge on any atom is -0.496 e. The molecule has 2 aromatic rings. The second-order valence-corrected chi connectivity index (χ2v) is 4.66. The van der Waals surface area contributed by atoms with Crippen molar-refractivity contribution >= 4 is 5.95 Å². The van der Waals surface area contributed by atoms with Crippen LogP contribution in [0, 0.1) is 0 Å². The van der Waals surface area contributed by atoms with E-state index in [1.54, 1.807) is 26.6 Å². The van der Waals surface area contributed by atoms with Gasteiger partial charge in [0.25, 0.3) is 0 Å². The Hall–Kier alpha value is -2.10. The molecule has 4 nitrogen and oxygen atoms in total. The molecule has 1 aromatic heterocycles. The summed E-state index contributed by atoms with van der Waals surface area (Å²) in [5, 5.41) is 2.90. The van der Waals surface area contributed by atoms with E-state index in [1.165, 1.54) is 5.56 Å². The molecule has 19 heavy (non-hydrogen) atoms. The summed E-state index contributed by atoms with van der Waals surface area (Å²) in [5.74, 6) is 1.94.